The van der Waals surface area contributed by atoms with Gasteiger partial charge in [-0.25, -0.2) is 0 Å². The van der Waals surface area contributed by atoms with Gasteiger partial charge < -0.3 is 10.4 Å². The molecule has 1 aromatic rings. The molecule has 0 fully saturated rings. The van der Waals surface area contributed by atoms with Crippen molar-refractivity contribution in [3.05, 3.63) is 35.4 Å². The maximum Gasteiger partial charge on any atom is 0.238 e. The number of alkyl halides is 1. The average Bonchev–Trinajstić information content (AvgIpc) is 2.67. The summed E-state index contributed by atoms with van der Waals surface area (Å²) in [6, 6.07) is 8.00. The summed E-state index contributed by atoms with van der Waals surface area (Å²) in [6.07, 6.45) is 1.32. The Morgan fingerprint density at radius 3 is 2.41 bits per heavy atom. The quantitative estimate of drug-likeness (QED) is 0.797. The van der Waals surface area contributed by atoms with Gasteiger partial charge in [-0.1, -0.05) is 24.3 Å². The molecule has 0 saturated carbocycles. The highest BCUT2D eigenvalue weighted by Crippen LogP contribution is 2.29. The van der Waals surface area contributed by atoms with Crippen LogP contribution in [0, 0.1) is 0 Å². The van der Waals surface area contributed by atoms with Gasteiger partial charge in [0.05, 0.1) is 12.1 Å². The number of rotatable bonds is 3. The Bertz CT molecular complexity index is 406. The fourth-order valence-electron chi connectivity index (χ4n) is 2.29. The third-order valence-electron chi connectivity index (χ3n) is 3.23. The smallest absolute Gasteiger partial charge is 0.238 e. The highest BCUT2D eigenvalue weighted by Gasteiger charge is 2.38. The third kappa shape index (κ3) is 2.45. The summed E-state index contributed by atoms with van der Waals surface area (Å²) in [5.41, 5.74) is 1.79. The number of carbonyl (C=O) groups excluding carboxylic acids is 1. The van der Waals surface area contributed by atoms with Crippen LogP contribution in [0.25, 0.3) is 0 Å². The first kappa shape index (κ1) is 12.4. The van der Waals surface area contributed by atoms with Gasteiger partial charge in [-0.2, -0.15) is 0 Å². The Kier molecular flexibility index (Phi) is 3.40. The van der Waals surface area contributed by atoms with Crippen LogP contribution in [0.4, 0.5) is 0 Å². The lowest BCUT2D eigenvalue weighted by molar-refractivity contribution is -0.122. The van der Waals surface area contributed by atoms with Gasteiger partial charge in [-0.05, 0) is 30.9 Å². The number of fused-ring (bicyclic) bond motifs is 1. The number of aliphatic hydroxyl groups excluding tert-OH is 1. The lowest BCUT2D eigenvalue weighted by Gasteiger charge is -2.28. The van der Waals surface area contributed by atoms with Crippen molar-refractivity contribution in [1.29, 1.82) is 0 Å². The molecule has 4 heteroatoms. The van der Waals surface area contributed by atoms with Crippen LogP contribution in [0.5, 0.6) is 0 Å². The van der Waals surface area contributed by atoms with Crippen LogP contribution in [0.1, 0.15) is 18.1 Å². The van der Waals surface area contributed by atoms with E-state index in [4.69, 9.17) is 11.6 Å². The molecule has 0 saturated heterocycles. The van der Waals surface area contributed by atoms with Gasteiger partial charge >= 0.3 is 0 Å². The number of nitrogens with one attached hydrogen (secondary N) is 1. The molecule has 3 nitrogen and oxygen atoms in total. The normalized spacial score (nSPS) is 18.5. The highest BCUT2D eigenvalue weighted by molar-refractivity contribution is 6.30. The summed E-state index contributed by atoms with van der Waals surface area (Å²) in [6.45, 7) is 1.56. The van der Waals surface area contributed by atoms with Crippen molar-refractivity contribution >= 4 is 17.5 Å². The molecule has 0 radical (unpaired) electrons. The minimum absolute atomic E-state index is 0.0724. The molecule has 0 heterocycles. The molecule has 0 aliphatic heterocycles. The summed E-state index contributed by atoms with van der Waals surface area (Å²) in [5, 5.41) is 11.8. The second kappa shape index (κ2) is 4.67. The van der Waals surface area contributed by atoms with E-state index in [-0.39, 0.29) is 12.5 Å². The summed E-state index contributed by atoms with van der Waals surface area (Å²) in [7, 11) is 0. The standard InChI is InChI=1S/C13H16ClNO2/c1-9(14)12(17)15-13(8-16)6-10-4-2-3-5-11(10)7-13/h2-5,9,16H,6-8H2,1H3,(H,15,17). The van der Waals surface area contributed by atoms with E-state index in [1.54, 1.807) is 6.92 Å². The summed E-state index contributed by atoms with van der Waals surface area (Å²) in [4.78, 5) is 11.7. The molecule has 1 amide bonds. The van der Waals surface area contributed by atoms with E-state index in [1.807, 2.05) is 24.3 Å². The molecule has 0 aromatic heterocycles. The summed E-state index contributed by atoms with van der Waals surface area (Å²) >= 11 is 5.74. The number of amides is 1. The predicted molar refractivity (Wildman–Crippen MR) is 67.1 cm³/mol. The van der Waals surface area contributed by atoms with Gasteiger partial charge in [0.25, 0.3) is 0 Å². The van der Waals surface area contributed by atoms with Crippen LogP contribution in [0.3, 0.4) is 0 Å². The minimum atomic E-state index is -0.581. The lowest BCUT2D eigenvalue weighted by Crippen LogP contribution is -2.54. The van der Waals surface area contributed by atoms with E-state index >= 15 is 0 Å². The largest absolute Gasteiger partial charge is 0.394 e. The van der Waals surface area contributed by atoms with Crippen LogP contribution in [-0.4, -0.2) is 28.5 Å². The topological polar surface area (TPSA) is 49.3 Å². The van der Waals surface area contributed by atoms with Gasteiger partial charge in [0.15, 0.2) is 0 Å². The Labute approximate surface area is 106 Å². The second-order valence-electron chi connectivity index (χ2n) is 4.67. The molecule has 1 aliphatic rings. The summed E-state index contributed by atoms with van der Waals surface area (Å²) < 4.78 is 0. The second-order valence-corrected chi connectivity index (χ2v) is 5.32. The van der Waals surface area contributed by atoms with Gasteiger partial charge in [0.1, 0.15) is 5.38 Å². The predicted octanol–water partition coefficient (Wildman–Crippen LogP) is 1.26. The van der Waals surface area contributed by atoms with Crippen molar-refractivity contribution in [2.45, 2.75) is 30.7 Å². The van der Waals surface area contributed by atoms with E-state index < -0.39 is 10.9 Å². The Morgan fingerprint density at radius 1 is 1.47 bits per heavy atom. The molecule has 1 aromatic carbocycles. The van der Waals surface area contributed by atoms with Crippen molar-refractivity contribution in [3.63, 3.8) is 0 Å². The van der Waals surface area contributed by atoms with Crippen molar-refractivity contribution in [1.82, 2.24) is 5.32 Å². The van der Waals surface area contributed by atoms with E-state index in [0.29, 0.717) is 12.8 Å². The molecule has 0 bridgehead atoms. The first-order valence-electron chi connectivity index (χ1n) is 5.70. The van der Waals surface area contributed by atoms with Crippen LogP contribution in [0.15, 0.2) is 24.3 Å². The number of carbonyl (C=O) groups is 1. The maximum absolute atomic E-state index is 11.7. The van der Waals surface area contributed by atoms with E-state index in [1.165, 1.54) is 11.1 Å². The molecule has 1 atom stereocenters. The molecule has 0 spiro atoms. The SMILES string of the molecule is CC(Cl)C(=O)NC1(CO)Cc2ccccc2C1. The monoisotopic (exact) mass is 253 g/mol. The van der Waals surface area contributed by atoms with E-state index in [2.05, 4.69) is 5.32 Å². The van der Waals surface area contributed by atoms with Crippen molar-refractivity contribution < 1.29 is 9.90 Å². The molecule has 17 heavy (non-hydrogen) atoms. The molecule has 2 N–H and O–H groups in total. The highest BCUT2D eigenvalue weighted by atomic mass is 35.5. The Morgan fingerprint density at radius 2 is 2.00 bits per heavy atom. The number of halogens is 1. The Balaban J connectivity index is 2.18. The van der Waals surface area contributed by atoms with Crippen LogP contribution in [0.2, 0.25) is 0 Å². The maximum atomic E-state index is 11.7. The van der Waals surface area contributed by atoms with Gasteiger partial charge in [-0.15, -0.1) is 11.6 Å². The number of benzene rings is 1. The number of hydrogen-bond donors (Lipinski definition) is 2. The van der Waals surface area contributed by atoms with E-state index in [0.717, 1.165) is 0 Å². The van der Waals surface area contributed by atoms with Crippen molar-refractivity contribution in [2.75, 3.05) is 6.61 Å². The van der Waals surface area contributed by atoms with Crippen molar-refractivity contribution in [3.8, 4) is 0 Å². The molecular formula is C13H16ClNO2. The zero-order chi connectivity index (χ0) is 12.5. The number of aliphatic hydroxyl groups is 1. The minimum Gasteiger partial charge on any atom is -0.394 e. The zero-order valence-electron chi connectivity index (χ0n) is 9.74. The van der Waals surface area contributed by atoms with Crippen LogP contribution >= 0.6 is 11.6 Å². The fraction of sp³-hybridized carbons (Fsp3) is 0.462. The molecular weight excluding hydrogens is 238 g/mol. The zero-order valence-corrected chi connectivity index (χ0v) is 10.5. The van der Waals surface area contributed by atoms with E-state index in [9.17, 15) is 9.90 Å². The van der Waals surface area contributed by atoms with Crippen LogP contribution in [-0.2, 0) is 17.6 Å². The van der Waals surface area contributed by atoms with Gasteiger partial charge in [0, 0.05) is 0 Å². The molecule has 1 unspecified atom stereocenters. The summed E-state index contributed by atoms with van der Waals surface area (Å²) in [5.74, 6) is -0.228. The number of hydrogen-bond acceptors (Lipinski definition) is 2. The fourth-order valence-corrected chi connectivity index (χ4v) is 2.35. The molecule has 92 valence electrons. The molecule has 2 rings (SSSR count). The lowest BCUT2D eigenvalue weighted by atomic mass is 9.96. The van der Waals surface area contributed by atoms with Gasteiger partial charge in [-0.3, -0.25) is 4.79 Å². The van der Waals surface area contributed by atoms with Crippen LogP contribution < -0.4 is 5.32 Å². The Hall–Kier alpha value is -1.06. The van der Waals surface area contributed by atoms with Gasteiger partial charge in [0.2, 0.25) is 5.91 Å². The molecule has 1 aliphatic carbocycles. The average molecular weight is 254 g/mol. The first-order valence-corrected chi connectivity index (χ1v) is 6.14. The first-order chi connectivity index (χ1) is 8.06. The van der Waals surface area contributed by atoms with Crippen molar-refractivity contribution in [2.24, 2.45) is 0 Å². The third-order valence-corrected chi connectivity index (χ3v) is 3.43.